The summed E-state index contributed by atoms with van der Waals surface area (Å²) in [4.78, 5) is 12.8. The third-order valence-corrected chi connectivity index (χ3v) is 4.79. The molecule has 112 valence electrons. The zero-order valence-electron chi connectivity index (χ0n) is 12.3. The van der Waals surface area contributed by atoms with Crippen LogP contribution in [0.15, 0.2) is 0 Å². The van der Waals surface area contributed by atoms with Crippen LogP contribution in [-0.4, -0.2) is 32.7 Å². The summed E-state index contributed by atoms with van der Waals surface area (Å²) in [7, 11) is 0. The number of aromatic nitrogens is 2. The Hall–Kier alpha value is -1.01. The van der Waals surface area contributed by atoms with Crippen molar-refractivity contribution in [2.24, 2.45) is 5.92 Å². The first kappa shape index (κ1) is 15.4. The molecule has 0 bridgehead atoms. The highest BCUT2D eigenvalue weighted by atomic mass is 32.1. The average molecular weight is 297 g/mol. The van der Waals surface area contributed by atoms with E-state index in [-0.39, 0.29) is 11.8 Å². The van der Waals surface area contributed by atoms with E-state index < -0.39 is 5.60 Å². The first-order valence-electron chi connectivity index (χ1n) is 7.24. The van der Waals surface area contributed by atoms with Gasteiger partial charge in [0.2, 0.25) is 0 Å². The van der Waals surface area contributed by atoms with E-state index in [1.54, 1.807) is 0 Å². The summed E-state index contributed by atoms with van der Waals surface area (Å²) >= 11 is 1.12. The maximum absolute atomic E-state index is 12.2. The molecular formula is C14H23N3O2S. The van der Waals surface area contributed by atoms with Crippen LogP contribution in [0.5, 0.6) is 0 Å². The van der Waals surface area contributed by atoms with Crippen molar-refractivity contribution >= 4 is 17.4 Å². The normalized spacial score (nSPS) is 26.8. The second-order valence-corrected chi connectivity index (χ2v) is 6.99. The second kappa shape index (κ2) is 6.18. The molecule has 1 fully saturated rings. The van der Waals surface area contributed by atoms with Crippen molar-refractivity contribution in [2.75, 3.05) is 6.54 Å². The minimum absolute atomic E-state index is 0.171. The van der Waals surface area contributed by atoms with Gasteiger partial charge in [-0.15, -0.1) is 5.10 Å². The molecule has 1 amide bonds. The van der Waals surface area contributed by atoms with Crippen LogP contribution in [0.4, 0.5) is 0 Å². The first-order valence-corrected chi connectivity index (χ1v) is 8.01. The van der Waals surface area contributed by atoms with Crippen LogP contribution in [0.1, 0.15) is 67.7 Å². The van der Waals surface area contributed by atoms with Crippen LogP contribution >= 0.6 is 11.5 Å². The fraction of sp³-hybridized carbons (Fsp3) is 0.786. The minimum atomic E-state index is -0.752. The number of aliphatic hydroxyl groups is 1. The van der Waals surface area contributed by atoms with E-state index in [2.05, 4.69) is 21.8 Å². The molecule has 0 spiro atoms. The Balaban J connectivity index is 1.93. The highest BCUT2D eigenvalue weighted by Crippen LogP contribution is 2.31. The number of nitrogens with zero attached hydrogens (tertiary/aromatic N) is 2. The molecule has 2 rings (SSSR count). The fourth-order valence-electron chi connectivity index (χ4n) is 2.53. The molecule has 0 unspecified atom stereocenters. The van der Waals surface area contributed by atoms with Gasteiger partial charge in [-0.3, -0.25) is 4.79 Å². The van der Waals surface area contributed by atoms with Crippen LogP contribution in [0.25, 0.3) is 0 Å². The Morgan fingerprint density at radius 1 is 1.50 bits per heavy atom. The summed E-state index contributed by atoms with van der Waals surface area (Å²) in [6.45, 7) is 6.50. The van der Waals surface area contributed by atoms with E-state index in [9.17, 15) is 9.90 Å². The summed E-state index contributed by atoms with van der Waals surface area (Å²) in [6, 6.07) is 0. The lowest BCUT2D eigenvalue weighted by Crippen LogP contribution is -2.45. The summed E-state index contributed by atoms with van der Waals surface area (Å²) < 4.78 is 3.85. The molecule has 5 nitrogen and oxygen atoms in total. The van der Waals surface area contributed by atoms with Crippen LogP contribution in [-0.2, 0) is 0 Å². The smallest absolute Gasteiger partial charge is 0.265 e. The van der Waals surface area contributed by atoms with Crippen molar-refractivity contribution in [3.63, 3.8) is 0 Å². The third-order valence-electron chi connectivity index (χ3n) is 4.05. The highest BCUT2D eigenvalue weighted by molar-refractivity contribution is 7.08. The largest absolute Gasteiger partial charge is 0.388 e. The summed E-state index contributed by atoms with van der Waals surface area (Å²) in [5, 5.41) is 17.3. The molecule has 1 heterocycles. The minimum Gasteiger partial charge on any atom is -0.388 e. The molecule has 1 aromatic rings. The SMILES string of the molecule is CC1CCC(O)(CNC(=O)c2snnc2C(C)C)CC1. The number of amides is 1. The number of hydrogen-bond acceptors (Lipinski definition) is 5. The molecule has 0 atom stereocenters. The molecule has 0 radical (unpaired) electrons. The Kier molecular flexibility index (Phi) is 4.75. The Morgan fingerprint density at radius 2 is 2.15 bits per heavy atom. The van der Waals surface area contributed by atoms with Gasteiger partial charge >= 0.3 is 0 Å². The standard InChI is InChI=1S/C14H23N3O2S/c1-9(2)11-12(20-17-16-11)13(18)15-8-14(19)6-4-10(3)5-7-14/h9-10,19H,4-8H2,1-3H3,(H,15,18). The zero-order valence-corrected chi connectivity index (χ0v) is 13.2. The third kappa shape index (κ3) is 3.55. The Bertz CT molecular complexity index is 465. The lowest BCUT2D eigenvalue weighted by molar-refractivity contribution is -0.00537. The van der Waals surface area contributed by atoms with Crippen molar-refractivity contribution in [3.8, 4) is 0 Å². The number of rotatable bonds is 4. The predicted molar refractivity (Wildman–Crippen MR) is 78.9 cm³/mol. The van der Waals surface area contributed by atoms with Crippen LogP contribution in [0.2, 0.25) is 0 Å². The van der Waals surface area contributed by atoms with Crippen molar-refractivity contribution in [1.82, 2.24) is 14.9 Å². The molecule has 20 heavy (non-hydrogen) atoms. The van der Waals surface area contributed by atoms with Gasteiger partial charge in [0.15, 0.2) is 0 Å². The maximum atomic E-state index is 12.2. The van der Waals surface area contributed by atoms with Gasteiger partial charge in [0.25, 0.3) is 5.91 Å². The van der Waals surface area contributed by atoms with E-state index in [0.717, 1.165) is 42.9 Å². The monoisotopic (exact) mass is 297 g/mol. The van der Waals surface area contributed by atoms with Crippen molar-refractivity contribution in [2.45, 2.75) is 58.0 Å². The van der Waals surface area contributed by atoms with Gasteiger partial charge in [-0.2, -0.15) is 0 Å². The van der Waals surface area contributed by atoms with E-state index >= 15 is 0 Å². The van der Waals surface area contributed by atoms with Gasteiger partial charge in [-0.05, 0) is 49.1 Å². The van der Waals surface area contributed by atoms with Crippen LogP contribution in [0, 0.1) is 5.92 Å². The summed E-state index contributed by atoms with van der Waals surface area (Å²) in [6.07, 6.45) is 3.55. The van der Waals surface area contributed by atoms with E-state index in [4.69, 9.17) is 0 Å². The highest BCUT2D eigenvalue weighted by Gasteiger charge is 2.32. The summed E-state index contributed by atoms with van der Waals surface area (Å²) in [5.74, 6) is 0.674. The molecule has 1 aromatic heterocycles. The van der Waals surface area contributed by atoms with Gasteiger partial charge in [-0.1, -0.05) is 25.3 Å². The van der Waals surface area contributed by atoms with E-state index in [1.165, 1.54) is 0 Å². The Labute approximate surface area is 123 Å². The second-order valence-electron chi connectivity index (χ2n) is 6.23. The molecule has 0 aliphatic heterocycles. The van der Waals surface area contributed by atoms with Gasteiger partial charge in [-0.25, -0.2) is 0 Å². The number of nitrogens with one attached hydrogen (secondary N) is 1. The van der Waals surface area contributed by atoms with E-state index in [0.29, 0.717) is 17.3 Å². The van der Waals surface area contributed by atoms with Gasteiger partial charge in [0.05, 0.1) is 11.3 Å². The molecule has 6 heteroatoms. The van der Waals surface area contributed by atoms with Crippen molar-refractivity contribution < 1.29 is 9.90 Å². The van der Waals surface area contributed by atoms with Gasteiger partial charge in [0, 0.05) is 6.54 Å². The van der Waals surface area contributed by atoms with Gasteiger partial charge < -0.3 is 10.4 Å². The van der Waals surface area contributed by atoms with Crippen LogP contribution < -0.4 is 5.32 Å². The van der Waals surface area contributed by atoms with Crippen molar-refractivity contribution in [1.29, 1.82) is 0 Å². The topological polar surface area (TPSA) is 75.1 Å². The number of carbonyl (C=O) groups is 1. The Morgan fingerprint density at radius 3 is 2.75 bits per heavy atom. The molecular weight excluding hydrogens is 274 g/mol. The lowest BCUT2D eigenvalue weighted by atomic mass is 9.79. The van der Waals surface area contributed by atoms with Crippen LogP contribution in [0.3, 0.4) is 0 Å². The predicted octanol–water partition coefficient (Wildman–Crippen LogP) is 2.33. The molecule has 1 aliphatic carbocycles. The zero-order chi connectivity index (χ0) is 14.8. The maximum Gasteiger partial charge on any atom is 0.265 e. The molecule has 2 N–H and O–H groups in total. The number of hydrogen-bond donors (Lipinski definition) is 2. The molecule has 0 saturated heterocycles. The fourth-order valence-corrected chi connectivity index (χ4v) is 3.27. The first-order chi connectivity index (χ1) is 9.41. The molecule has 1 saturated carbocycles. The molecule has 0 aromatic carbocycles. The molecule has 1 aliphatic rings. The quantitative estimate of drug-likeness (QED) is 0.894. The summed E-state index contributed by atoms with van der Waals surface area (Å²) in [5.41, 5.74) is -0.0186. The van der Waals surface area contributed by atoms with E-state index in [1.807, 2.05) is 13.8 Å². The van der Waals surface area contributed by atoms with Gasteiger partial charge in [0.1, 0.15) is 4.88 Å². The lowest BCUT2D eigenvalue weighted by Gasteiger charge is -2.34. The van der Waals surface area contributed by atoms with Crippen molar-refractivity contribution in [3.05, 3.63) is 10.6 Å². The number of carbonyl (C=O) groups excluding carboxylic acids is 1. The average Bonchev–Trinajstić information content (AvgIpc) is 2.89.